The molecule has 0 bridgehead atoms. The quantitative estimate of drug-likeness (QED) is 0.554. The van der Waals surface area contributed by atoms with Crippen LogP contribution in [0.3, 0.4) is 0 Å². The third-order valence-corrected chi connectivity index (χ3v) is 1.90. The maximum Gasteiger partial charge on any atom is 0.223 e. The first-order valence-corrected chi connectivity index (χ1v) is 3.49. The lowest BCUT2D eigenvalue weighted by molar-refractivity contribution is -0.123. The molecule has 1 aliphatic heterocycles. The van der Waals surface area contributed by atoms with Crippen molar-refractivity contribution in [3.05, 3.63) is 0 Å². The number of hydrogen-bond donors (Lipinski definition) is 1. The molecule has 1 heterocycles. The van der Waals surface area contributed by atoms with Crippen LogP contribution in [-0.4, -0.2) is 12.5 Å². The molecular weight excluding hydrogens is 114 g/mol. The molecule has 9 heavy (non-hydrogen) atoms. The molecular formula is C7H13NO. The summed E-state index contributed by atoms with van der Waals surface area (Å²) in [6.07, 6.45) is 1.02. The Hall–Kier alpha value is -0.530. The summed E-state index contributed by atoms with van der Waals surface area (Å²) in [6.45, 7) is 5.06. The van der Waals surface area contributed by atoms with E-state index in [9.17, 15) is 4.79 Å². The number of amides is 1. The normalized spacial score (nSPS) is 27.0. The van der Waals surface area contributed by atoms with E-state index in [0.29, 0.717) is 5.92 Å². The van der Waals surface area contributed by atoms with Gasteiger partial charge >= 0.3 is 0 Å². The SMILES string of the molecule is CC(C)C1CCNC1=O. The van der Waals surface area contributed by atoms with E-state index in [1.807, 2.05) is 0 Å². The van der Waals surface area contributed by atoms with E-state index >= 15 is 0 Å². The highest BCUT2D eigenvalue weighted by Crippen LogP contribution is 2.18. The Balaban J connectivity index is 2.49. The van der Waals surface area contributed by atoms with Crippen molar-refractivity contribution in [2.75, 3.05) is 6.54 Å². The van der Waals surface area contributed by atoms with Crippen molar-refractivity contribution in [3.63, 3.8) is 0 Å². The first-order chi connectivity index (χ1) is 4.22. The average Bonchev–Trinajstić information content (AvgIpc) is 2.13. The highest BCUT2D eigenvalue weighted by atomic mass is 16.2. The largest absolute Gasteiger partial charge is 0.356 e. The van der Waals surface area contributed by atoms with E-state index in [1.54, 1.807) is 0 Å². The number of carbonyl (C=O) groups is 1. The molecule has 0 aromatic rings. The summed E-state index contributed by atoms with van der Waals surface area (Å²) in [4.78, 5) is 10.9. The van der Waals surface area contributed by atoms with E-state index in [-0.39, 0.29) is 11.8 Å². The second kappa shape index (κ2) is 2.38. The zero-order valence-corrected chi connectivity index (χ0v) is 5.98. The fourth-order valence-electron chi connectivity index (χ4n) is 1.25. The van der Waals surface area contributed by atoms with E-state index in [1.165, 1.54) is 0 Å². The maximum absolute atomic E-state index is 10.9. The molecule has 1 rings (SSSR count). The lowest BCUT2D eigenvalue weighted by Crippen LogP contribution is -2.22. The van der Waals surface area contributed by atoms with Gasteiger partial charge in [-0.3, -0.25) is 4.79 Å². The van der Waals surface area contributed by atoms with E-state index < -0.39 is 0 Å². The molecule has 0 aromatic heterocycles. The van der Waals surface area contributed by atoms with E-state index in [2.05, 4.69) is 19.2 Å². The molecule has 0 spiro atoms. The highest BCUT2D eigenvalue weighted by molar-refractivity contribution is 5.80. The smallest absolute Gasteiger partial charge is 0.223 e. The summed E-state index contributed by atoms with van der Waals surface area (Å²) in [5.74, 6) is 1.03. The van der Waals surface area contributed by atoms with Crippen molar-refractivity contribution < 1.29 is 4.79 Å². The summed E-state index contributed by atoms with van der Waals surface area (Å²) in [5.41, 5.74) is 0. The summed E-state index contributed by atoms with van der Waals surface area (Å²) in [5, 5.41) is 2.81. The molecule has 1 unspecified atom stereocenters. The molecule has 0 aromatic carbocycles. The Morgan fingerprint density at radius 3 is 2.56 bits per heavy atom. The molecule has 0 saturated carbocycles. The minimum atomic E-state index is 0.241. The lowest BCUT2D eigenvalue weighted by Gasteiger charge is -2.08. The molecule has 1 fully saturated rings. The number of carbonyl (C=O) groups excluding carboxylic acids is 1. The molecule has 1 N–H and O–H groups in total. The van der Waals surface area contributed by atoms with Crippen LogP contribution in [0, 0.1) is 11.8 Å². The van der Waals surface area contributed by atoms with Gasteiger partial charge < -0.3 is 5.32 Å². The monoisotopic (exact) mass is 127 g/mol. The molecule has 1 amide bonds. The number of hydrogen-bond acceptors (Lipinski definition) is 1. The van der Waals surface area contributed by atoms with E-state index in [0.717, 1.165) is 13.0 Å². The number of rotatable bonds is 1. The van der Waals surface area contributed by atoms with Gasteiger partial charge in [-0.25, -0.2) is 0 Å². The molecule has 1 saturated heterocycles. The summed E-state index contributed by atoms with van der Waals surface area (Å²) in [6, 6.07) is 0. The van der Waals surface area contributed by atoms with Gasteiger partial charge in [0.2, 0.25) is 5.91 Å². The van der Waals surface area contributed by atoms with Gasteiger partial charge in [-0.05, 0) is 12.3 Å². The molecule has 1 atom stereocenters. The van der Waals surface area contributed by atoms with Crippen LogP contribution < -0.4 is 5.32 Å². The Morgan fingerprint density at radius 2 is 2.33 bits per heavy atom. The van der Waals surface area contributed by atoms with Crippen LogP contribution in [0.15, 0.2) is 0 Å². The van der Waals surface area contributed by atoms with Crippen molar-refractivity contribution in [1.82, 2.24) is 5.32 Å². The predicted molar refractivity (Wildman–Crippen MR) is 36.0 cm³/mol. The first kappa shape index (κ1) is 6.59. The summed E-state index contributed by atoms with van der Waals surface area (Å²) < 4.78 is 0. The van der Waals surface area contributed by atoms with Crippen LogP contribution in [0.25, 0.3) is 0 Å². The molecule has 52 valence electrons. The van der Waals surface area contributed by atoms with Gasteiger partial charge in [-0.2, -0.15) is 0 Å². The average molecular weight is 127 g/mol. The fraction of sp³-hybridized carbons (Fsp3) is 0.857. The standard InChI is InChI=1S/C7H13NO/c1-5(2)6-3-4-8-7(6)9/h5-6H,3-4H2,1-2H3,(H,8,9). The third kappa shape index (κ3) is 1.23. The van der Waals surface area contributed by atoms with Crippen molar-refractivity contribution in [3.8, 4) is 0 Å². The predicted octanol–water partition coefficient (Wildman–Crippen LogP) is 0.778. The van der Waals surface area contributed by atoms with Gasteiger partial charge in [0.05, 0.1) is 0 Å². The Morgan fingerprint density at radius 1 is 1.67 bits per heavy atom. The van der Waals surface area contributed by atoms with Gasteiger partial charge in [-0.15, -0.1) is 0 Å². The second-order valence-electron chi connectivity index (χ2n) is 2.93. The van der Waals surface area contributed by atoms with Gasteiger partial charge in [-0.1, -0.05) is 13.8 Å². The van der Waals surface area contributed by atoms with Crippen LogP contribution in [0.2, 0.25) is 0 Å². The zero-order chi connectivity index (χ0) is 6.85. The van der Waals surface area contributed by atoms with Crippen LogP contribution in [0.1, 0.15) is 20.3 Å². The molecule has 0 aliphatic carbocycles. The minimum Gasteiger partial charge on any atom is -0.356 e. The maximum atomic E-state index is 10.9. The van der Waals surface area contributed by atoms with Gasteiger partial charge in [0, 0.05) is 12.5 Å². The summed E-state index contributed by atoms with van der Waals surface area (Å²) >= 11 is 0. The molecule has 2 heteroatoms. The van der Waals surface area contributed by atoms with Crippen LogP contribution in [0.4, 0.5) is 0 Å². The van der Waals surface area contributed by atoms with Crippen molar-refractivity contribution in [2.45, 2.75) is 20.3 Å². The van der Waals surface area contributed by atoms with Crippen LogP contribution >= 0.6 is 0 Å². The molecule has 1 aliphatic rings. The zero-order valence-electron chi connectivity index (χ0n) is 5.98. The Bertz CT molecular complexity index is 120. The molecule has 0 radical (unpaired) electrons. The van der Waals surface area contributed by atoms with Gasteiger partial charge in [0.25, 0.3) is 0 Å². The Labute approximate surface area is 55.6 Å². The van der Waals surface area contributed by atoms with Crippen LogP contribution in [-0.2, 0) is 4.79 Å². The van der Waals surface area contributed by atoms with Gasteiger partial charge in [0.1, 0.15) is 0 Å². The van der Waals surface area contributed by atoms with Crippen molar-refractivity contribution in [2.24, 2.45) is 11.8 Å². The first-order valence-electron chi connectivity index (χ1n) is 3.49. The highest BCUT2D eigenvalue weighted by Gasteiger charge is 2.26. The molecule has 2 nitrogen and oxygen atoms in total. The van der Waals surface area contributed by atoms with Crippen molar-refractivity contribution >= 4 is 5.91 Å². The topological polar surface area (TPSA) is 29.1 Å². The third-order valence-electron chi connectivity index (χ3n) is 1.90. The second-order valence-corrected chi connectivity index (χ2v) is 2.93. The summed E-state index contributed by atoms with van der Waals surface area (Å²) in [7, 11) is 0. The van der Waals surface area contributed by atoms with Crippen molar-refractivity contribution in [1.29, 1.82) is 0 Å². The fourth-order valence-corrected chi connectivity index (χ4v) is 1.25. The lowest BCUT2D eigenvalue weighted by atomic mass is 9.95. The van der Waals surface area contributed by atoms with E-state index in [4.69, 9.17) is 0 Å². The van der Waals surface area contributed by atoms with Gasteiger partial charge in [0.15, 0.2) is 0 Å². The minimum absolute atomic E-state index is 0.241. The number of nitrogens with one attached hydrogen (secondary N) is 1. The Kier molecular flexibility index (Phi) is 1.74. The van der Waals surface area contributed by atoms with Crippen LogP contribution in [0.5, 0.6) is 0 Å².